The number of nitrogens with one attached hydrogen (secondary N) is 1. The number of aliphatic hydroxyl groups is 1. The minimum Gasteiger partial charge on any atom is -0.496 e. The molecule has 0 aliphatic carbocycles. The van der Waals surface area contributed by atoms with Crippen LogP contribution in [0.2, 0.25) is 0 Å². The highest BCUT2D eigenvalue weighted by Gasteiger charge is 2.08. The standard InChI is InChI=1S/C18H19F2NO3/c1-24-17-8-6-14(10-13(17)11-22)21-18(23)4-2-3-12-5-7-15(19)16(20)9-12/h5-10,22H,2-4,11H2,1H3,(H,21,23). The van der Waals surface area contributed by atoms with Crippen molar-refractivity contribution in [2.24, 2.45) is 0 Å². The van der Waals surface area contributed by atoms with Gasteiger partial charge in [0.15, 0.2) is 11.6 Å². The lowest BCUT2D eigenvalue weighted by Crippen LogP contribution is -2.12. The summed E-state index contributed by atoms with van der Waals surface area (Å²) in [5.41, 5.74) is 1.79. The number of amides is 1. The first-order valence-electron chi connectivity index (χ1n) is 7.55. The summed E-state index contributed by atoms with van der Waals surface area (Å²) >= 11 is 0. The van der Waals surface area contributed by atoms with Gasteiger partial charge in [-0.1, -0.05) is 6.07 Å². The van der Waals surface area contributed by atoms with Crippen molar-refractivity contribution in [2.45, 2.75) is 25.9 Å². The fraction of sp³-hybridized carbons (Fsp3) is 0.278. The average Bonchev–Trinajstić information content (AvgIpc) is 2.58. The molecule has 0 atom stereocenters. The second kappa shape index (κ2) is 8.40. The molecule has 0 bridgehead atoms. The predicted octanol–water partition coefficient (Wildman–Crippen LogP) is 3.43. The van der Waals surface area contributed by atoms with Crippen molar-refractivity contribution in [3.8, 4) is 5.75 Å². The molecule has 0 spiro atoms. The molecular formula is C18H19F2NO3. The topological polar surface area (TPSA) is 58.6 Å². The van der Waals surface area contributed by atoms with E-state index in [-0.39, 0.29) is 18.9 Å². The van der Waals surface area contributed by atoms with Crippen molar-refractivity contribution in [1.82, 2.24) is 0 Å². The van der Waals surface area contributed by atoms with Crippen LogP contribution < -0.4 is 10.1 Å². The highest BCUT2D eigenvalue weighted by atomic mass is 19.2. The molecule has 24 heavy (non-hydrogen) atoms. The summed E-state index contributed by atoms with van der Waals surface area (Å²) in [7, 11) is 1.50. The van der Waals surface area contributed by atoms with Gasteiger partial charge < -0.3 is 15.2 Å². The van der Waals surface area contributed by atoms with Crippen LogP contribution in [0.1, 0.15) is 24.0 Å². The highest BCUT2D eigenvalue weighted by Crippen LogP contribution is 2.22. The molecule has 2 N–H and O–H groups in total. The third-order valence-electron chi connectivity index (χ3n) is 3.59. The molecule has 0 radical (unpaired) electrons. The number of halogens is 2. The molecule has 2 rings (SSSR count). The number of ether oxygens (including phenoxy) is 1. The quantitative estimate of drug-likeness (QED) is 0.815. The molecular weight excluding hydrogens is 316 g/mol. The Morgan fingerprint density at radius 3 is 2.62 bits per heavy atom. The van der Waals surface area contributed by atoms with Crippen LogP contribution in [0.5, 0.6) is 5.75 Å². The Morgan fingerprint density at radius 2 is 1.96 bits per heavy atom. The third-order valence-corrected chi connectivity index (χ3v) is 3.59. The Bertz CT molecular complexity index is 719. The second-order valence-electron chi connectivity index (χ2n) is 5.33. The van der Waals surface area contributed by atoms with Crippen LogP contribution >= 0.6 is 0 Å². The summed E-state index contributed by atoms with van der Waals surface area (Å²) in [6.45, 7) is -0.191. The molecule has 0 saturated heterocycles. The zero-order chi connectivity index (χ0) is 17.5. The molecule has 128 valence electrons. The second-order valence-corrected chi connectivity index (χ2v) is 5.33. The first kappa shape index (κ1) is 17.9. The molecule has 4 nitrogen and oxygen atoms in total. The van der Waals surface area contributed by atoms with Gasteiger partial charge in [-0.2, -0.15) is 0 Å². The third kappa shape index (κ3) is 4.76. The molecule has 0 unspecified atom stereocenters. The van der Waals surface area contributed by atoms with Gasteiger partial charge in [-0.15, -0.1) is 0 Å². The lowest BCUT2D eigenvalue weighted by atomic mass is 10.1. The van der Waals surface area contributed by atoms with Gasteiger partial charge in [0.05, 0.1) is 13.7 Å². The highest BCUT2D eigenvalue weighted by molar-refractivity contribution is 5.90. The Kier molecular flexibility index (Phi) is 6.26. The van der Waals surface area contributed by atoms with E-state index in [0.29, 0.717) is 35.4 Å². The zero-order valence-corrected chi connectivity index (χ0v) is 13.3. The van der Waals surface area contributed by atoms with Crippen LogP contribution in [0.25, 0.3) is 0 Å². The van der Waals surface area contributed by atoms with Crippen molar-refractivity contribution in [3.05, 3.63) is 59.2 Å². The van der Waals surface area contributed by atoms with Gasteiger partial charge in [-0.05, 0) is 48.7 Å². The average molecular weight is 335 g/mol. The number of methoxy groups -OCH3 is 1. The van der Waals surface area contributed by atoms with Crippen molar-refractivity contribution in [2.75, 3.05) is 12.4 Å². The van der Waals surface area contributed by atoms with Crippen molar-refractivity contribution in [1.29, 1.82) is 0 Å². The molecule has 0 aliphatic heterocycles. The predicted molar refractivity (Wildman–Crippen MR) is 86.8 cm³/mol. The number of anilines is 1. The van der Waals surface area contributed by atoms with Gasteiger partial charge in [0.25, 0.3) is 0 Å². The van der Waals surface area contributed by atoms with Gasteiger partial charge in [0, 0.05) is 17.7 Å². The maximum atomic E-state index is 13.1. The van der Waals surface area contributed by atoms with Crippen LogP contribution in [0, 0.1) is 11.6 Å². The number of aryl methyl sites for hydroxylation is 1. The Morgan fingerprint density at radius 1 is 1.17 bits per heavy atom. The zero-order valence-electron chi connectivity index (χ0n) is 13.3. The van der Waals surface area contributed by atoms with Gasteiger partial charge >= 0.3 is 0 Å². The van der Waals surface area contributed by atoms with Crippen LogP contribution in [0.4, 0.5) is 14.5 Å². The van der Waals surface area contributed by atoms with Crippen molar-refractivity contribution in [3.63, 3.8) is 0 Å². The van der Waals surface area contributed by atoms with E-state index in [9.17, 15) is 18.7 Å². The monoisotopic (exact) mass is 335 g/mol. The van der Waals surface area contributed by atoms with E-state index >= 15 is 0 Å². The van der Waals surface area contributed by atoms with E-state index in [0.717, 1.165) is 12.1 Å². The molecule has 0 heterocycles. The number of benzene rings is 2. The summed E-state index contributed by atoms with van der Waals surface area (Å²) in [6, 6.07) is 8.73. The SMILES string of the molecule is COc1ccc(NC(=O)CCCc2ccc(F)c(F)c2)cc1CO. The summed E-state index contributed by atoms with van der Waals surface area (Å²) in [6.07, 6.45) is 1.24. The van der Waals surface area contributed by atoms with Gasteiger partial charge in [0.1, 0.15) is 5.75 Å². The fourth-order valence-corrected chi connectivity index (χ4v) is 2.35. The van der Waals surface area contributed by atoms with Crippen molar-refractivity contribution >= 4 is 11.6 Å². The normalized spacial score (nSPS) is 10.5. The Hall–Kier alpha value is -2.47. The largest absolute Gasteiger partial charge is 0.496 e. The minimum atomic E-state index is -0.883. The molecule has 0 saturated carbocycles. The number of hydrogen-bond donors (Lipinski definition) is 2. The first-order valence-corrected chi connectivity index (χ1v) is 7.55. The van der Waals surface area contributed by atoms with Gasteiger partial charge in [-0.3, -0.25) is 4.79 Å². The first-order chi connectivity index (χ1) is 11.5. The summed E-state index contributed by atoms with van der Waals surface area (Å²) in [5.74, 6) is -1.40. The van der Waals surface area contributed by atoms with E-state index in [4.69, 9.17) is 4.74 Å². The van der Waals surface area contributed by atoms with E-state index in [1.54, 1.807) is 18.2 Å². The summed E-state index contributed by atoms with van der Waals surface area (Å²) < 4.78 is 31.0. The van der Waals surface area contributed by atoms with Crippen LogP contribution in [0.15, 0.2) is 36.4 Å². The number of hydrogen-bond acceptors (Lipinski definition) is 3. The lowest BCUT2D eigenvalue weighted by Gasteiger charge is -2.10. The van der Waals surface area contributed by atoms with Crippen molar-refractivity contribution < 1.29 is 23.4 Å². The van der Waals surface area contributed by atoms with E-state index in [2.05, 4.69) is 5.32 Å². The number of rotatable bonds is 7. The van der Waals surface area contributed by atoms with Gasteiger partial charge in [0.2, 0.25) is 5.91 Å². The smallest absolute Gasteiger partial charge is 0.224 e. The van der Waals surface area contributed by atoms with E-state index < -0.39 is 11.6 Å². The Balaban J connectivity index is 1.86. The van der Waals surface area contributed by atoms with Crippen LogP contribution in [-0.2, 0) is 17.8 Å². The molecule has 6 heteroatoms. The molecule has 0 aromatic heterocycles. The number of carbonyl (C=O) groups is 1. The lowest BCUT2D eigenvalue weighted by molar-refractivity contribution is -0.116. The Labute approximate surface area is 139 Å². The number of carbonyl (C=O) groups excluding carboxylic acids is 1. The number of aliphatic hydroxyl groups excluding tert-OH is 1. The maximum absolute atomic E-state index is 13.1. The summed E-state index contributed by atoms with van der Waals surface area (Å²) in [5, 5.41) is 12.0. The molecule has 0 fully saturated rings. The molecule has 1 amide bonds. The summed E-state index contributed by atoms with van der Waals surface area (Å²) in [4.78, 5) is 11.9. The molecule has 2 aromatic carbocycles. The fourth-order valence-electron chi connectivity index (χ4n) is 2.35. The van der Waals surface area contributed by atoms with E-state index in [1.807, 2.05) is 0 Å². The van der Waals surface area contributed by atoms with E-state index in [1.165, 1.54) is 13.2 Å². The van der Waals surface area contributed by atoms with Gasteiger partial charge in [-0.25, -0.2) is 8.78 Å². The maximum Gasteiger partial charge on any atom is 0.224 e. The minimum absolute atomic E-state index is 0.188. The molecule has 2 aromatic rings. The van der Waals surface area contributed by atoms with Crippen LogP contribution in [-0.4, -0.2) is 18.1 Å². The molecule has 0 aliphatic rings. The van der Waals surface area contributed by atoms with Crippen LogP contribution in [0.3, 0.4) is 0 Å².